The fraction of sp³-hybridized carbons (Fsp3) is 0.0625. The van der Waals surface area contributed by atoms with Crippen LogP contribution in [0.1, 0.15) is 10.4 Å². The van der Waals surface area contributed by atoms with Crippen LogP contribution in [0.4, 0.5) is 5.82 Å². The number of aromatic nitrogens is 2. The van der Waals surface area contributed by atoms with Crippen LogP contribution in [0, 0.1) is 4.77 Å². The molecule has 0 unspecified atom stereocenters. The largest absolute Gasteiger partial charge is 0.496 e. The van der Waals surface area contributed by atoms with Gasteiger partial charge in [0.1, 0.15) is 11.6 Å². The molecule has 0 saturated carbocycles. The number of benzene rings is 2. The number of hydrogen-bond acceptors (Lipinski definition) is 5. The third kappa shape index (κ3) is 2.74. The van der Waals surface area contributed by atoms with Crippen molar-refractivity contribution in [3.8, 4) is 5.75 Å². The highest BCUT2D eigenvalue weighted by Crippen LogP contribution is 2.20. The molecule has 23 heavy (non-hydrogen) atoms. The summed E-state index contributed by atoms with van der Waals surface area (Å²) >= 11 is 5.22. The average Bonchev–Trinajstić information content (AvgIpc) is 2.58. The van der Waals surface area contributed by atoms with E-state index in [0.717, 1.165) is 0 Å². The standard InChI is InChI=1S/C16H14N4O2S/c1-22-13-9-5-3-7-11(13)15(21)19-20-14(17)10-6-2-4-8-12(10)18-16(20)23/h2-9H,17H2,1H3,(H,19,21). The van der Waals surface area contributed by atoms with Crippen molar-refractivity contribution in [3.63, 3.8) is 0 Å². The quantitative estimate of drug-likeness (QED) is 0.723. The Morgan fingerprint density at radius 1 is 1.22 bits per heavy atom. The molecule has 3 aromatic rings. The number of nitrogen functional groups attached to an aromatic ring is 1. The van der Waals surface area contributed by atoms with Gasteiger partial charge in [0.2, 0.25) is 4.77 Å². The summed E-state index contributed by atoms with van der Waals surface area (Å²) in [6.07, 6.45) is 0. The molecule has 0 spiro atoms. The molecular formula is C16H14N4O2S. The van der Waals surface area contributed by atoms with Crippen molar-refractivity contribution in [2.45, 2.75) is 0 Å². The van der Waals surface area contributed by atoms with E-state index < -0.39 is 0 Å². The second-order valence-electron chi connectivity index (χ2n) is 4.77. The predicted octanol–water partition coefficient (Wildman–Crippen LogP) is 2.74. The van der Waals surface area contributed by atoms with Crippen LogP contribution in [0.5, 0.6) is 5.75 Å². The van der Waals surface area contributed by atoms with Gasteiger partial charge in [0.25, 0.3) is 5.91 Å². The van der Waals surface area contributed by atoms with Crippen molar-refractivity contribution in [3.05, 3.63) is 58.9 Å². The number of rotatable bonds is 3. The Morgan fingerprint density at radius 2 is 1.91 bits per heavy atom. The lowest BCUT2D eigenvalue weighted by Gasteiger charge is -2.14. The van der Waals surface area contributed by atoms with Crippen molar-refractivity contribution in [2.75, 3.05) is 18.3 Å². The van der Waals surface area contributed by atoms with Crippen LogP contribution in [0.2, 0.25) is 0 Å². The Bertz CT molecular complexity index is 952. The van der Waals surface area contributed by atoms with E-state index in [1.807, 2.05) is 24.3 Å². The second-order valence-corrected chi connectivity index (χ2v) is 5.14. The van der Waals surface area contributed by atoms with Crippen LogP contribution >= 0.6 is 12.2 Å². The molecule has 0 fully saturated rings. The van der Waals surface area contributed by atoms with Crippen molar-refractivity contribution in [2.24, 2.45) is 0 Å². The van der Waals surface area contributed by atoms with Gasteiger partial charge in [0.05, 0.1) is 18.2 Å². The molecular weight excluding hydrogens is 312 g/mol. The van der Waals surface area contributed by atoms with E-state index in [0.29, 0.717) is 28.0 Å². The van der Waals surface area contributed by atoms with Gasteiger partial charge in [-0.2, -0.15) is 0 Å². The van der Waals surface area contributed by atoms with Gasteiger partial charge in [-0.3, -0.25) is 10.2 Å². The first-order chi connectivity index (χ1) is 11.1. The molecule has 0 radical (unpaired) electrons. The Balaban J connectivity index is 2.05. The Labute approximate surface area is 137 Å². The Morgan fingerprint density at radius 3 is 2.70 bits per heavy atom. The number of fused-ring (bicyclic) bond motifs is 1. The fourth-order valence-electron chi connectivity index (χ4n) is 2.27. The van der Waals surface area contributed by atoms with Gasteiger partial charge in [-0.05, 0) is 36.5 Å². The van der Waals surface area contributed by atoms with Gasteiger partial charge in [0, 0.05) is 5.39 Å². The Kier molecular flexibility index (Phi) is 3.94. The number of methoxy groups -OCH3 is 1. The minimum atomic E-state index is -0.387. The SMILES string of the molecule is COc1ccccc1C(=O)Nn1c(N)c2ccccc2nc1=S. The summed E-state index contributed by atoms with van der Waals surface area (Å²) in [6, 6.07) is 14.2. The first-order valence-electron chi connectivity index (χ1n) is 6.83. The van der Waals surface area contributed by atoms with E-state index in [4.69, 9.17) is 22.7 Å². The molecule has 6 nitrogen and oxygen atoms in total. The molecule has 1 amide bonds. The number of carbonyl (C=O) groups excluding carboxylic acids is 1. The summed E-state index contributed by atoms with van der Waals surface area (Å²) in [7, 11) is 1.50. The van der Waals surface area contributed by atoms with E-state index in [1.54, 1.807) is 24.3 Å². The van der Waals surface area contributed by atoms with Crippen molar-refractivity contribution in [1.82, 2.24) is 9.66 Å². The third-order valence-electron chi connectivity index (χ3n) is 3.39. The zero-order valence-corrected chi connectivity index (χ0v) is 13.1. The number of nitrogens with zero attached hydrogens (tertiary/aromatic N) is 2. The molecule has 0 aliphatic heterocycles. The smallest absolute Gasteiger partial charge is 0.273 e. The van der Waals surface area contributed by atoms with Crippen molar-refractivity contribution in [1.29, 1.82) is 0 Å². The minimum absolute atomic E-state index is 0.171. The lowest BCUT2D eigenvalue weighted by molar-refractivity contribution is 0.100. The zero-order valence-electron chi connectivity index (χ0n) is 12.3. The summed E-state index contributed by atoms with van der Waals surface area (Å²) in [6.45, 7) is 0. The van der Waals surface area contributed by atoms with Gasteiger partial charge in [-0.25, -0.2) is 9.66 Å². The highest BCUT2D eigenvalue weighted by atomic mass is 32.1. The molecule has 0 aliphatic rings. The summed E-state index contributed by atoms with van der Waals surface area (Å²) < 4.78 is 6.66. The zero-order chi connectivity index (χ0) is 16.4. The van der Waals surface area contributed by atoms with Gasteiger partial charge >= 0.3 is 0 Å². The Hall–Kier alpha value is -2.93. The lowest BCUT2D eigenvalue weighted by Crippen LogP contribution is -2.27. The molecule has 2 aromatic carbocycles. The molecule has 3 N–H and O–H groups in total. The monoisotopic (exact) mass is 326 g/mol. The maximum Gasteiger partial charge on any atom is 0.273 e. The molecule has 0 aliphatic carbocycles. The first-order valence-corrected chi connectivity index (χ1v) is 7.24. The number of anilines is 1. The molecule has 116 valence electrons. The number of carbonyl (C=O) groups is 1. The van der Waals surface area contributed by atoms with Crippen LogP contribution < -0.4 is 15.9 Å². The highest BCUT2D eigenvalue weighted by molar-refractivity contribution is 7.71. The second kappa shape index (κ2) is 6.05. The number of amides is 1. The van der Waals surface area contributed by atoms with Crippen LogP contribution in [0.3, 0.4) is 0 Å². The van der Waals surface area contributed by atoms with Crippen molar-refractivity contribution >= 4 is 34.8 Å². The highest BCUT2D eigenvalue weighted by Gasteiger charge is 2.14. The van der Waals surface area contributed by atoms with Crippen LogP contribution in [-0.4, -0.2) is 22.7 Å². The normalized spacial score (nSPS) is 10.5. The summed E-state index contributed by atoms with van der Waals surface area (Å²) in [5.41, 5.74) is 9.85. The topological polar surface area (TPSA) is 82.2 Å². The lowest BCUT2D eigenvalue weighted by atomic mass is 10.2. The third-order valence-corrected chi connectivity index (χ3v) is 3.67. The average molecular weight is 326 g/mol. The van der Waals surface area contributed by atoms with Gasteiger partial charge in [0.15, 0.2) is 0 Å². The van der Waals surface area contributed by atoms with Crippen molar-refractivity contribution < 1.29 is 9.53 Å². The number of ether oxygens (including phenoxy) is 1. The molecule has 7 heteroatoms. The molecule has 1 aromatic heterocycles. The molecule has 0 bridgehead atoms. The molecule has 3 rings (SSSR count). The van der Waals surface area contributed by atoms with Gasteiger partial charge in [-0.1, -0.05) is 24.3 Å². The maximum atomic E-state index is 12.5. The summed E-state index contributed by atoms with van der Waals surface area (Å²) in [5.74, 6) is 0.398. The van der Waals surface area contributed by atoms with Crippen LogP contribution in [0.15, 0.2) is 48.5 Å². The van der Waals surface area contributed by atoms with E-state index >= 15 is 0 Å². The fourth-order valence-corrected chi connectivity index (χ4v) is 2.51. The van der Waals surface area contributed by atoms with E-state index in [9.17, 15) is 4.79 Å². The minimum Gasteiger partial charge on any atom is -0.496 e. The van der Waals surface area contributed by atoms with Gasteiger partial charge in [-0.15, -0.1) is 0 Å². The van der Waals surface area contributed by atoms with Crippen LogP contribution in [0.25, 0.3) is 10.9 Å². The maximum absolute atomic E-state index is 12.5. The van der Waals surface area contributed by atoms with E-state index in [1.165, 1.54) is 11.8 Å². The summed E-state index contributed by atoms with van der Waals surface area (Å²) in [4.78, 5) is 16.8. The number of nitrogens with one attached hydrogen (secondary N) is 1. The molecule has 0 atom stereocenters. The van der Waals surface area contributed by atoms with Crippen LogP contribution in [-0.2, 0) is 0 Å². The number of para-hydroxylation sites is 2. The molecule has 0 saturated heterocycles. The molecule has 1 heterocycles. The van der Waals surface area contributed by atoms with E-state index in [2.05, 4.69) is 10.4 Å². The number of hydrogen-bond donors (Lipinski definition) is 2. The predicted molar refractivity (Wildman–Crippen MR) is 91.7 cm³/mol. The van der Waals surface area contributed by atoms with Gasteiger partial charge < -0.3 is 10.5 Å². The van der Waals surface area contributed by atoms with E-state index in [-0.39, 0.29) is 10.7 Å². The summed E-state index contributed by atoms with van der Waals surface area (Å²) in [5, 5.41) is 0.710. The number of nitrogens with two attached hydrogens (primary N) is 1. The first kappa shape index (κ1) is 15.0.